The van der Waals surface area contributed by atoms with Gasteiger partial charge >= 0.3 is 11.9 Å². The lowest BCUT2D eigenvalue weighted by molar-refractivity contribution is -0.190. The highest BCUT2D eigenvalue weighted by Crippen LogP contribution is 2.42. The van der Waals surface area contributed by atoms with Gasteiger partial charge in [0, 0.05) is 0 Å². The molecule has 0 aliphatic heterocycles. The van der Waals surface area contributed by atoms with Crippen molar-refractivity contribution in [2.45, 2.75) is 181 Å². The summed E-state index contributed by atoms with van der Waals surface area (Å²) >= 11 is 0. The van der Waals surface area contributed by atoms with Crippen molar-refractivity contribution >= 4 is 11.9 Å². The first-order valence-electron chi connectivity index (χ1n) is 20.1. The van der Waals surface area contributed by atoms with Gasteiger partial charge < -0.3 is 18.9 Å². The van der Waals surface area contributed by atoms with Crippen molar-refractivity contribution in [2.75, 3.05) is 13.2 Å². The molecule has 0 saturated heterocycles. The van der Waals surface area contributed by atoms with Gasteiger partial charge in [0.2, 0.25) is 0 Å². The molecule has 2 atom stereocenters. The summed E-state index contributed by atoms with van der Waals surface area (Å²) in [5, 5.41) is 0. The lowest BCUT2D eigenvalue weighted by atomic mass is 9.69. The Bertz CT molecular complexity index is 766. The topological polar surface area (TPSA) is 71.1 Å². The average Bonchev–Trinajstić information content (AvgIpc) is 3.09. The molecule has 0 aromatic rings. The molecular weight excluding hydrogens is 576 g/mol. The number of esters is 2. The Hall–Kier alpha value is -1.14. The first-order valence-corrected chi connectivity index (χ1v) is 20.1. The van der Waals surface area contributed by atoms with Gasteiger partial charge in [0.15, 0.2) is 12.6 Å². The van der Waals surface area contributed by atoms with Crippen LogP contribution in [0.2, 0.25) is 0 Å². The molecule has 5 aliphatic carbocycles. The molecule has 5 saturated carbocycles. The molecular formula is C40H68O6. The fourth-order valence-electron chi connectivity index (χ4n) is 10.2. The third kappa shape index (κ3) is 10.9. The van der Waals surface area contributed by atoms with Gasteiger partial charge in [-0.05, 0) is 126 Å². The fraction of sp³-hybridized carbons (Fsp3) is 0.950. The van der Waals surface area contributed by atoms with Crippen LogP contribution in [0, 0.1) is 47.3 Å². The summed E-state index contributed by atoms with van der Waals surface area (Å²) in [5.74, 6) is 3.11. The summed E-state index contributed by atoms with van der Waals surface area (Å²) in [6.07, 6.45) is 28.2. The van der Waals surface area contributed by atoms with Crippen LogP contribution in [-0.4, -0.2) is 37.7 Å². The molecule has 0 spiro atoms. The van der Waals surface area contributed by atoms with E-state index in [2.05, 4.69) is 0 Å². The molecule has 0 N–H and O–H groups in total. The van der Waals surface area contributed by atoms with Crippen molar-refractivity contribution in [3.8, 4) is 0 Å². The fourth-order valence-corrected chi connectivity index (χ4v) is 10.2. The largest absolute Gasteiger partial charge is 0.436 e. The van der Waals surface area contributed by atoms with Crippen LogP contribution in [0.15, 0.2) is 0 Å². The monoisotopic (exact) mass is 645 g/mol. The molecule has 6 nitrogen and oxygen atoms in total. The molecule has 0 aromatic carbocycles. The van der Waals surface area contributed by atoms with Crippen LogP contribution in [0.1, 0.15) is 168 Å². The van der Waals surface area contributed by atoms with E-state index in [0.29, 0.717) is 48.7 Å². The van der Waals surface area contributed by atoms with Crippen molar-refractivity contribution < 1.29 is 28.5 Å². The van der Waals surface area contributed by atoms with E-state index < -0.39 is 12.6 Å². The highest BCUT2D eigenvalue weighted by atomic mass is 16.7. The number of carbonyl (C=O) groups is 2. The highest BCUT2D eigenvalue weighted by molar-refractivity contribution is 5.73. The van der Waals surface area contributed by atoms with Crippen molar-refractivity contribution in [3.63, 3.8) is 0 Å². The summed E-state index contributed by atoms with van der Waals surface area (Å²) in [4.78, 5) is 27.0. The van der Waals surface area contributed by atoms with Gasteiger partial charge in [-0.3, -0.25) is 9.59 Å². The van der Waals surface area contributed by atoms with Crippen LogP contribution < -0.4 is 0 Å². The molecule has 6 heteroatoms. The Balaban J connectivity index is 0.991. The summed E-state index contributed by atoms with van der Waals surface area (Å²) in [6.45, 7) is 5.12. The standard InChI is InChI=1S/C40H68O6/c1-29(45-39(41)37(33-15-7-3-8-16-33)34-17-9-4-10-18-34)43-27-31-23-25-32(26-24-31)28-44-30(2)46-40(42)38(35-19-11-5-12-20-35)36-21-13-6-14-22-36/h29-38H,3-28H2,1-2H3. The molecule has 5 rings (SSSR count). The quantitative estimate of drug-likeness (QED) is 0.138. The van der Waals surface area contributed by atoms with Gasteiger partial charge in [0.25, 0.3) is 0 Å². The predicted octanol–water partition coefficient (Wildman–Crippen LogP) is 10.2. The van der Waals surface area contributed by atoms with E-state index in [1.165, 1.54) is 128 Å². The first-order chi connectivity index (χ1) is 22.5. The maximum absolute atomic E-state index is 13.5. The zero-order chi connectivity index (χ0) is 32.1. The number of hydrogen-bond acceptors (Lipinski definition) is 6. The lowest BCUT2D eigenvalue weighted by Gasteiger charge is -2.37. The molecule has 264 valence electrons. The van der Waals surface area contributed by atoms with Crippen molar-refractivity contribution in [1.29, 1.82) is 0 Å². The molecule has 0 amide bonds. The molecule has 5 aliphatic rings. The lowest BCUT2D eigenvalue weighted by Crippen LogP contribution is -2.37. The third-order valence-electron chi connectivity index (χ3n) is 12.8. The molecule has 0 aromatic heterocycles. The maximum Gasteiger partial charge on any atom is 0.311 e. The minimum Gasteiger partial charge on any atom is -0.436 e. The van der Waals surface area contributed by atoms with Gasteiger partial charge in [0.1, 0.15) is 0 Å². The number of ether oxygens (including phenoxy) is 4. The van der Waals surface area contributed by atoms with Crippen LogP contribution in [0.3, 0.4) is 0 Å². The number of rotatable bonds is 14. The molecule has 5 fully saturated rings. The maximum atomic E-state index is 13.5. The molecule has 2 unspecified atom stereocenters. The Kier molecular flexibility index (Phi) is 15.1. The number of carbonyl (C=O) groups excluding carboxylic acids is 2. The van der Waals surface area contributed by atoms with E-state index in [0.717, 1.165) is 25.7 Å². The Morgan fingerprint density at radius 3 is 0.957 bits per heavy atom. The Labute approximate surface area is 281 Å². The molecule has 46 heavy (non-hydrogen) atoms. The molecule has 0 bridgehead atoms. The predicted molar refractivity (Wildman–Crippen MR) is 182 cm³/mol. The van der Waals surface area contributed by atoms with E-state index >= 15 is 0 Å². The number of hydrogen-bond donors (Lipinski definition) is 0. The SMILES string of the molecule is CC(OCC1CCC(COC(C)OC(=O)C(C2CCCCC2)C2CCCCC2)CC1)OC(=O)C(C1CCCCC1)C1CCCCC1. The second-order valence-corrected chi connectivity index (χ2v) is 16.2. The minimum atomic E-state index is -0.482. The molecule has 0 heterocycles. The highest BCUT2D eigenvalue weighted by Gasteiger charge is 2.40. The van der Waals surface area contributed by atoms with E-state index in [4.69, 9.17) is 18.9 Å². The van der Waals surface area contributed by atoms with Crippen LogP contribution in [-0.2, 0) is 28.5 Å². The smallest absolute Gasteiger partial charge is 0.311 e. The van der Waals surface area contributed by atoms with Crippen LogP contribution in [0.5, 0.6) is 0 Å². The third-order valence-corrected chi connectivity index (χ3v) is 12.8. The van der Waals surface area contributed by atoms with E-state index in [9.17, 15) is 9.59 Å². The van der Waals surface area contributed by atoms with Gasteiger partial charge in [-0.25, -0.2) is 0 Å². The molecule has 0 radical (unpaired) electrons. The van der Waals surface area contributed by atoms with Gasteiger partial charge in [0.05, 0.1) is 25.0 Å². The van der Waals surface area contributed by atoms with Crippen LogP contribution in [0.25, 0.3) is 0 Å². The zero-order valence-corrected chi connectivity index (χ0v) is 29.6. The van der Waals surface area contributed by atoms with Gasteiger partial charge in [-0.2, -0.15) is 0 Å². The normalized spacial score (nSPS) is 27.8. The van der Waals surface area contributed by atoms with Crippen molar-refractivity contribution in [2.24, 2.45) is 47.3 Å². The minimum absolute atomic E-state index is 0.00535. The average molecular weight is 645 g/mol. The summed E-state index contributed by atoms with van der Waals surface area (Å²) < 4.78 is 24.3. The van der Waals surface area contributed by atoms with E-state index in [1.807, 2.05) is 13.8 Å². The zero-order valence-electron chi connectivity index (χ0n) is 29.6. The summed E-state index contributed by atoms with van der Waals surface area (Å²) in [7, 11) is 0. The first kappa shape index (κ1) is 36.1. The van der Waals surface area contributed by atoms with E-state index in [-0.39, 0.29) is 23.8 Å². The van der Waals surface area contributed by atoms with Crippen molar-refractivity contribution in [1.82, 2.24) is 0 Å². The second-order valence-electron chi connectivity index (χ2n) is 16.2. The Morgan fingerprint density at radius 1 is 0.435 bits per heavy atom. The summed E-state index contributed by atoms with van der Waals surface area (Å²) in [6, 6.07) is 0. The van der Waals surface area contributed by atoms with Gasteiger partial charge in [-0.1, -0.05) is 77.0 Å². The van der Waals surface area contributed by atoms with Crippen LogP contribution in [0.4, 0.5) is 0 Å². The van der Waals surface area contributed by atoms with Gasteiger partial charge in [-0.15, -0.1) is 0 Å². The second kappa shape index (κ2) is 19.2. The van der Waals surface area contributed by atoms with Crippen LogP contribution >= 0.6 is 0 Å². The Morgan fingerprint density at radius 2 is 0.696 bits per heavy atom. The van der Waals surface area contributed by atoms with Crippen molar-refractivity contribution in [3.05, 3.63) is 0 Å². The van der Waals surface area contributed by atoms with E-state index in [1.54, 1.807) is 0 Å². The summed E-state index contributed by atoms with van der Waals surface area (Å²) in [5.41, 5.74) is 0.